The summed E-state index contributed by atoms with van der Waals surface area (Å²) in [4.78, 5) is 26.9. The number of urea groups is 1. The fourth-order valence-corrected chi connectivity index (χ4v) is 3.20. The van der Waals surface area contributed by atoms with E-state index in [4.69, 9.17) is 4.74 Å². The summed E-state index contributed by atoms with van der Waals surface area (Å²) >= 11 is 0. The van der Waals surface area contributed by atoms with Crippen molar-refractivity contribution in [1.29, 1.82) is 0 Å². The number of hydrogen-bond donors (Lipinski definition) is 1. The SMILES string of the molecule is COc1ccccc1C(=O)[C@@H]1CCCN(C(=O)Nc2ccccc2F)C1. The monoisotopic (exact) mass is 356 g/mol. The van der Waals surface area contributed by atoms with Gasteiger partial charge in [0.1, 0.15) is 11.6 Å². The van der Waals surface area contributed by atoms with E-state index >= 15 is 0 Å². The van der Waals surface area contributed by atoms with Gasteiger partial charge in [0.2, 0.25) is 0 Å². The summed E-state index contributed by atoms with van der Waals surface area (Å²) in [5, 5.41) is 2.58. The Kier molecular flexibility index (Phi) is 5.51. The number of methoxy groups -OCH3 is 1. The largest absolute Gasteiger partial charge is 0.496 e. The van der Waals surface area contributed by atoms with Gasteiger partial charge < -0.3 is 15.0 Å². The number of halogens is 1. The van der Waals surface area contributed by atoms with Gasteiger partial charge in [0, 0.05) is 19.0 Å². The maximum atomic E-state index is 13.7. The number of amides is 2. The lowest BCUT2D eigenvalue weighted by Crippen LogP contribution is -2.44. The van der Waals surface area contributed by atoms with Gasteiger partial charge in [-0.15, -0.1) is 0 Å². The van der Waals surface area contributed by atoms with Crippen LogP contribution in [0.1, 0.15) is 23.2 Å². The minimum Gasteiger partial charge on any atom is -0.496 e. The Morgan fingerprint density at radius 2 is 1.88 bits per heavy atom. The molecule has 0 saturated carbocycles. The van der Waals surface area contributed by atoms with Crippen LogP contribution in [0.4, 0.5) is 14.9 Å². The summed E-state index contributed by atoms with van der Waals surface area (Å²) in [5.41, 5.74) is 0.659. The minimum absolute atomic E-state index is 0.0363. The van der Waals surface area contributed by atoms with Crippen molar-refractivity contribution in [3.8, 4) is 5.75 Å². The Labute approximate surface area is 151 Å². The molecular formula is C20H21FN2O3. The number of benzene rings is 2. The number of carbonyl (C=O) groups excluding carboxylic acids is 2. The van der Waals surface area contributed by atoms with Crippen LogP contribution in [0.5, 0.6) is 5.75 Å². The second kappa shape index (κ2) is 7.99. The number of nitrogens with one attached hydrogen (secondary N) is 1. The van der Waals surface area contributed by atoms with Gasteiger partial charge in [-0.1, -0.05) is 24.3 Å². The predicted octanol–water partition coefficient (Wildman–Crippen LogP) is 3.96. The molecule has 0 radical (unpaired) electrons. The normalized spacial score (nSPS) is 16.8. The summed E-state index contributed by atoms with van der Waals surface area (Å²) in [6.07, 6.45) is 1.43. The van der Waals surface area contributed by atoms with Crippen molar-refractivity contribution < 1.29 is 18.7 Å². The molecule has 136 valence electrons. The van der Waals surface area contributed by atoms with E-state index in [9.17, 15) is 14.0 Å². The first-order valence-electron chi connectivity index (χ1n) is 8.58. The third-order valence-corrected chi connectivity index (χ3v) is 4.57. The molecule has 0 spiro atoms. The van der Waals surface area contributed by atoms with Crippen molar-refractivity contribution in [1.82, 2.24) is 4.90 Å². The maximum Gasteiger partial charge on any atom is 0.321 e. The number of ether oxygens (including phenoxy) is 1. The summed E-state index contributed by atoms with van der Waals surface area (Å²) in [5.74, 6) is -0.290. The lowest BCUT2D eigenvalue weighted by atomic mass is 9.89. The van der Waals surface area contributed by atoms with Crippen LogP contribution in [0, 0.1) is 11.7 Å². The molecule has 0 aromatic heterocycles. The highest BCUT2D eigenvalue weighted by Crippen LogP contribution is 2.26. The summed E-state index contributed by atoms with van der Waals surface area (Å²) in [6.45, 7) is 0.840. The molecule has 1 N–H and O–H groups in total. The van der Waals surface area contributed by atoms with Crippen LogP contribution in [-0.4, -0.2) is 36.9 Å². The molecule has 0 bridgehead atoms. The molecular weight excluding hydrogens is 335 g/mol. The number of anilines is 1. The average molecular weight is 356 g/mol. The number of piperidine rings is 1. The number of Topliss-reactive ketones (excluding diaryl/α,β-unsaturated/α-hetero) is 1. The zero-order valence-electron chi connectivity index (χ0n) is 14.6. The van der Waals surface area contributed by atoms with Crippen LogP contribution < -0.4 is 10.1 Å². The molecule has 0 aliphatic carbocycles. The van der Waals surface area contributed by atoms with Crippen LogP contribution >= 0.6 is 0 Å². The second-order valence-corrected chi connectivity index (χ2v) is 6.26. The molecule has 2 amide bonds. The molecule has 2 aromatic rings. The number of hydrogen-bond acceptors (Lipinski definition) is 3. The van der Waals surface area contributed by atoms with Gasteiger partial charge in [-0.3, -0.25) is 4.79 Å². The quantitative estimate of drug-likeness (QED) is 0.844. The highest BCUT2D eigenvalue weighted by molar-refractivity contribution is 6.01. The van der Waals surface area contributed by atoms with Gasteiger partial charge in [-0.25, -0.2) is 9.18 Å². The fraction of sp³-hybridized carbons (Fsp3) is 0.300. The predicted molar refractivity (Wildman–Crippen MR) is 97.0 cm³/mol. The van der Waals surface area contributed by atoms with E-state index in [1.54, 1.807) is 35.2 Å². The molecule has 26 heavy (non-hydrogen) atoms. The second-order valence-electron chi connectivity index (χ2n) is 6.26. The highest BCUT2D eigenvalue weighted by atomic mass is 19.1. The van der Waals surface area contributed by atoms with E-state index in [1.807, 2.05) is 6.07 Å². The number of likely N-dealkylation sites (tertiary alicyclic amines) is 1. The Balaban J connectivity index is 1.70. The van der Waals surface area contributed by atoms with Gasteiger partial charge in [0.15, 0.2) is 5.78 Å². The van der Waals surface area contributed by atoms with Crippen LogP contribution in [0.25, 0.3) is 0 Å². The number of nitrogens with zero attached hydrogens (tertiary/aromatic N) is 1. The van der Waals surface area contributed by atoms with Crippen molar-refractivity contribution in [3.05, 3.63) is 59.9 Å². The van der Waals surface area contributed by atoms with Gasteiger partial charge in [0.25, 0.3) is 0 Å². The first-order valence-corrected chi connectivity index (χ1v) is 8.58. The average Bonchev–Trinajstić information content (AvgIpc) is 2.69. The zero-order valence-corrected chi connectivity index (χ0v) is 14.6. The zero-order chi connectivity index (χ0) is 18.5. The molecule has 1 aliphatic rings. The molecule has 1 heterocycles. The number of rotatable bonds is 4. The van der Waals surface area contributed by atoms with Crippen LogP contribution in [0.2, 0.25) is 0 Å². The molecule has 1 aliphatic heterocycles. The first-order chi connectivity index (χ1) is 12.6. The maximum absolute atomic E-state index is 13.7. The van der Waals surface area contributed by atoms with Crippen molar-refractivity contribution >= 4 is 17.5 Å². The third kappa shape index (κ3) is 3.85. The first kappa shape index (κ1) is 17.9. The van der Waals surface area contributed by atoms with Crippen LogP contribution in [0.3, 0.4) is 0 Å². The summed E-state index contributed by atoms with van der Waals surface area (Å²) in [7, 11) is 1.53. The van der Waals surface area contributed by atoms with Crippen LogP contribution in [0.15, 0.2) is 48.5 Å². The highest BCUT2D eigenvalue weighted by Gasteiger charge is 2.30. The standard InChI is InChI=1S/C20H21FN2O3/c1-26-18-11-5-2-8-15(18)19(24)14-7-6-12-23(13-14)20(25)22-17-10-4-3-9-16(17)21/h2-5,8-11,14H,6-7,12-13H2,1H3,(H,22,25)/t14-/m1/s1. The van der Waals surface area contributed by atoms with Gasteiger partial charge >= 0.3 is 6.03 Å². The Hall–Kier alpha value is -2.89. The van der Waals surface area contributed by atoms with Crippen molar-refractivity contribution in [2.75, 3.05) is 25.5 Å². The summed E-state index contributed by atoms with van der Waals surface area (Å²) < 4.78 is 19.0. The Morgan fingerprint density at radius 1 is 1.15 bits per heavy atom. The van der Waals surface area contributed by atoms with E-state index in [2.05, 4.69) is 5.32 Å². The number of para-hydroxylation sites is 2. The lowest BCUT2D eigenvalue weighted by Gasteiger charge is -2.32. The van der Waals surface area contributed by atoms with Gasteiger partial charge in [0.05, 0.1) is 18.4 Å². The smallest absolute Gasteiger partial charge is 0.321 e. The van der Waals surface area contributed by atoms with Crippen molar-refractivity contribution in [2.24, 2.45) is 5.92 Å². The lowest BCUT2D eigenvalue weighted by molar-refractivity contribution is 0.0848. The molecule has 1 saturated heterocycles. The van der Waals surface area contributed by atoms with E-state index in [0.29, 0.717) is 30.8 Å². The topological polar surface area (TPSA) is 58.6 Å². The molecule has 3 rings (SSSR count). The molecule has 1 fully saturated rings. The molecule has 2 aromatic carbocycles. The third-order valence-electron chi connectivity index (χ3n) is 4.57. The van der Waals surface area contributed by atoms with Crippen molar-refractivity contribution in [3.63, 3.8) is 0 Å². The van der Waals surface area contributed by atoms with Gasteiger partial charge in [-0.2, -0.15) is 0 Å². The molecule has 5 nitrogen and oxygen atoms in total. The molecule has 0 unspecified atom stereocenters. The fourth-order valence-electron chi connectivity index (χ4n) is 3.20. The van der Waals surface area contributed by atoms with Gasteiger partial charge in [-0.05, 0) is 37.1 Å². The Bertz CT molecular complexity index is 809. The van der Waals surface area contributed by atoms with E-state index in [-0.39, 0.29) is 17.4 Å². The Morgan fingerprint density at radius 3 is 2.65 bits per heavy atom. The van der Waals surface area contributed by atoms with E-state index in [1.165, 1.54) is 19.2 Å². The molecule has 1 atom stereocenters. The number of carbonyl (C=O) groups is 2. The minimum atomic E-state index is -0.487. The van der Waals surface area contributed by atoms with E-state index in [0.717, 1.165) is 6.42 Å². The number of ketones is 1. The molecule has 6 heteroatoms. The summed E-state index contributed by atoms with van der Waals surface area (Å²) in [6, 6.07) is 12.7. The van der Waals surface area contributed by atoms with Crippen molar-refractivity contribution in [2.45, 2.75) is 12.8 Å². The van der Waals surface area contributed by atoms with E-state index < -0.39 is 11.8 Å². The van der Waals surface area contributed by atoms with Crippen LogP contribution in [-0.2, 0) is 0 Å².